The van der Waals surface area contributed by atoms with Gasteiger partial charge in [-0.2, -0.15) is 5.10 Å². The first-order valence-corrected chi connectivity index (χ1v) is 10.6. The van der Waals surface area contributed by atoms with Crippen molar-refractivity contribution in [3.63, 3.8) is 0 Å². The molecule has 150 valence electrons. The molecule has 0 unspecified atom stereocenters. The topological polar surface area (TPSA) is 59.8 Å². The van der Waals surface area contributed by atoms with Gasteiger partial charge in [0.15, 0.2) is 0 Å². The van der Waals surface area contributed by atoms with Crippen LogP contribution in [0, 0.1) is 0 Å². The molecule has 4 aromatic rings. The third kappa shape index (κ3) is 3.47. The average Bonchev–Trinajstić information content (AvgIpc) is 3.18. The van der Waals surface area contributed by atoms with Gasteiger partial charge < -0.3 is 5.32 Å². The maximum atomic E-state index is 12.8. The van der Waals surface area contributed by atoms with Crippen LogP contribution in [0.3, 0.4) is 0 Å². The molecular weight excluding hydrogens is 372 g/mol. The van der Waals surface area contributed by atoms with Crippen LogP contribution in [-0.4, -0.2) is 27.2 Å². The van der Waals surface area contributed by atoms with Gasteiger partial charge in [0.25, 0.3) is 5.91 Å². The van der Waals surface area contributed by atoms with Gasteiger partial charge in [-0.1, -0.05) is 42.5 Å². The van der Waals surface area contributed by atoms with Crippen molar-refractivity contribution in [2.24, 2.45) is 0 Å². The Morgan fingerprint density at radius 2 is 1.80 bits per heavy atom. The number of amides is 1. The highest BCUT2D eigenvalue weighted by Crippen LogP contribution is 2.30. The zero-order valence-corrected chi connectivity index (χ0v) is 16.8. The minimum Gasteiger partial charge on any atom is -0.350 e. The molecule has 0 fully saturated rings. The summed E-state index contributed by atoms with van der Waals surface area (Å²) in [5, 5.41) is 10.0. The molecule has 1 aliphatic rings. The van der Waals surface area contributed by atoms with Crippen molar-refractivity contribution in [1.29, 1.82) is 0 Å². The van der Waals surface area contributed by atoms with Gasteiger partial charge in [0, 0.05) is 29.6 Å². The zero-order chi connectivity index (χ0) is 20.3. The molecule has 0 saturated carbocycles. The van der Waals surface area contributed by atoms with Crippen molar-refractivity contribution >= 4 is 16.7 Å². The van der Waals surface area contributed by atoms with Gasteiger partial charge in [-0.3, -0.25) is 14.5 Å². The number of fused-ring (bicyclic) bond motifs is 2. The third-order valence-corrected chi connectivity index (χ3v) is 5.81. The Balaban J connectivity index is 1.34. The highest BCUT2D eigenvalue weighted by molar-refractivity contribution is 6.06. The maximum Gasteiger partial charge on any atom is 0.251 e. The molecule has 5 nitrogen and oxygen atoms in total. The lowest BCUT2D eigenvalue weighted by molar-refractivity contribution is 0.0953. The first kappa shape index (κ1) is 18.6. The monoisotopic (exact) mass is 396 g/mol. The second-order valence-electron chi connectivity index (χ2n) is 7.70. The molecule has 5 rings (SSSR count). The van der Waals surface area contributed by atoms with Gasteiger partial charge in [-0.05, 0) is 54.7 Å². The number of carbonyl (C=O) groups is 1. The van der Waals surface area contributed by atoms with Crippen LogP contribution in [0.2, 0.25) is 0 Å². The molecule has 1 N–H and O–H groups in total. The van der Waals surface area contributed by atoms with Crippen molar-refractivity contribution in [1.82, 2.24) is 20.1 Å². The van der Waals surface area contributed by atoms with Crippen LogP contribution in [0.1, 0.15) is 34.5 Å². The van der Waals surface area contributed by atoms with E-state index in [2.05, 4.69) is 15.0 Å². The second-order valence-corrected chi connectivity index (χ2v) is 7.70. The lowest BCUT2D eigenvalue weighted by Crippen LogP contribution is -2.28. The molecule has 0 saturated heterocycles. The number of hydrogen-bond acceptors (Lipinski definition) is 3. The summed E-state index contributed by atoms with van der Waals surface area (Å²) in [7, 11) is 0. The summed E-state index contributed by atoms with van der Waals surface area (Å²) in [5.74, 6) is -0.0437. The van der Waals surface area contributed by atoms with E-state index in [0.717, 1.165) is 35.0 Å². The first-order valence-electron chi connectivity index (χ1n) is 10.6. The van der Waals surface area contributed by atoms with E-state index in [1.165, 1.54) is 24.1 Å². The molecule has 1 amide bonds. The zero-order valence-electron chi connectivity index (χ0n) is 16.8. The number of hydrogen-bond donors (Lipinski definition) is 1. The minimum absolute atomic E-state index is 0.0437. The van der Waals surface area contributed by atoms with Crippen LogP contribution in [0.15, 0.2) is 66.9 Å². The van der Waals surface area contributed by atoms with Crippen LogP contribution < -0.4 is 5.32 Å². The normalized spacial score (nSPS) is 13.2. The van der Waals surface area contributed by atoms with Crippen LogP contribution in [0.4, 0.5) is 0 Å². The number of carbonyl (C=O) groups excluding carboxylic acids is 1. The Bertz CT molecular complexity index is 1190. The Labute approximate surface area is 175 Å². The van der Waals surface area contributed by atoms with E-state index in [1.807, 2.05) is 66.9 Å². The summed E-state index contributed by atoms with van der Waals surface area (Å²) in [5.41, 5.74) is 5.24. The molecule has 1 aliphatic carbocycles. The van der Waals surface area contributed by atoms with E-state index in [-0.39, 0.29) is 5.91 Å². The van der Waals surface area contributed by atoms with Crippen molar-refractivity contribution in [2.75, 3.05) is 6.54 Å². The fraction of sp³-hybridized carbons (Fsp3) is 0.240. The second kappa shape index (κ2) is 8.11. The summed E-state index contributed by atoms with van der Waals surface area (Å²) >= 11 is 0. The molecule has 0 bridgehead atoms. The molecule has 0 radical (unpaired) electrons. The average molecular weight is 396 g/mol. The van der Waals surface area contributed by atoms with Crippen LogP contribution in [0.25, 0.3) is 22.2 Å². The van der Waals surface area contributed by atoms with Crippen molar-refractivity contribution < 1.29 is 4.79 Å². The smallest absolute Gasteiger partial charge is 0.251 e. The van der Waals surface area contributed by atoms with E-state index in [9.17, 15) is 4.79 Å². The van der Waals surface area contributed by atoms with E-state index in [4.69, 9.17) is 5.10 Å². The number of nitrogens with one attached hydrogen (secondary N) is 1. The largest absolute Gasteiger partial charge is 0.350 e. The lowest BCUT2D eigenvalue weighted by atomic mass is 9.95. The Kier molecular flexibility index (Phi) is 5.01. The highest BCUT2D eigenvalue weighted by Gasteiger charge is 2.22. The van der Waals surface area contributed by atoms with Crippen LogP contribution in [0.5, 0.6) is 0 Å². The van der Waals surface area contributed by atoms with Gasteiger partial charge in [0.2, 0.25) is 0 Å². The fourth-order valence-corrected chi connectivity index (χ4v) is 4.36. The number of benzene rings is 2. The number of rotatable bonds is 5. The molecule has 2 aromatic carbocycles. The molecule has 0 atom stereocenters. The first-order chi connectivity index (χ1) is 14.8. The van der Waals surface area contributed by atoms with Crippen molar-refractivity contribution in [2.45, 2.75) is 32.2 Å². The Morgan fingerprint density at radius 1 is 0.967 bits per heavy atom. The number of pyridine rings is 1. The van der Waals surface area contributed by atoms with Crippen molar-refractivity contribution in [3.8, 4) is 11.4 Å². The Morgan fingerprint density at radius 3 is 2.70 bits per heavy atom. The van der Waals surface area contributed by atoms with E-state index in [0.29, 0.717) is 18.7 Å². The summed E-state index contributed by atoms with van der Waals surface area (Å²) in [4.78, 5) is 17.3. The van der Waals surface area contributed by atoms with E-state index >= 15 is 0 Å². The van der Waals surface area contributed by atoms with E-state index < -0.39 is 0 Å². The summed E-state index contributed by atoms with van der Waals surface area (Å²) in [6.07, 6.45) is 6.27. The van der Waals surface area contributed by atoms with Gasteiger partial charge in [0.05, 0.1) is 12.2 Å². The Hall–Kier alpha value is -3.47. The predicted molar refractivity (Wildman–Crippen MR) is 118 cm³/mol. The SMILES string of the molecule is O=C(NCCn1nc(-c2ccccn2)c2c1CCCC2)c1cccc2ccccc12. The summed E-state index contributed by atoms with van der Waals surface area (Å²) in [6.45, 7) is 1.20. The number of nitrogens with zero attached hydrogens (tertiary/aromatic N) is 3. The summed E-state index contributed by atoms with van der Waals surface area (Å²) in [6, 6.07) is 19.8. The maximum absolute atomic E-state index is 12.8. The third-order valence-electron chi connectivity index (χ3n) is 5.81. The molecule has 2 heterocycles. The standard InChI is InChI=1S/C25H24N4O/c30-25(20-12-7-9-18-8-1-2-10-19(18)20)27-16-17-29-23-14-4-3-11-21(23)24(28-29)22-13-5-6-15-26-22/h1-2,5-10,12-13,15H,3-4,11,14,16-17H2,(H,27,30). The van der Waals surface area contributed by atoms with Gasteiger partial charge in [-0.25, -0.2) is 0 Å². The highest BCUT2D eigenvalue weighted by atomic mass is 16.1. The van der Waals surface area contributed by atoms with Gasteiger partial charge in [-0.15, -0.1) is 0 Å². The van der Waals surface area contributed by atoms with Crippen LogP contribution in [-0.2, 0) is 19.4 Å². The van der Waals surface area contributed by atoms with Crippen molar-refractivity contribution in [3.05, 3.63) is 83.7 Å². The summed E-state index contributed by atoms with van der Waals surface area (Å²) < 4.78 is 2.07. The quantitative estimate of drug-likeness (QED) is 0.544. The van der Waals surface area contributed by atoms with Gasteiger partial charge >= 0.3 is 0 Å². The van der Waals surface area contributed by atoms with Gasteiger partial charge in [0.1, 0.15) is 5.69 Å². The molecular formula is C25H24N4O. The lowest BCUT2D eigenvalue weighted by Gasteiger charge is -2.14. The molecule has 0 aliphatic heterocycles. The number of aromatic nitrogens is 3. The molecule has 2 aromatic heterocycles. The van der Waals surface area contributed by atoms with E-state index in [1.54, 1.807) is 0 Å². The molecule has 5 heteroatoms. The fourth-order valence-electron chi connectivity index (χ4n) is 4.36. The molecule has 0 spiro atoms. The molecule has 30 heavy (non-hydrogen) atoms. The minimum atomic E-state index is -0.0437. The van der Waals surface area contributed by atoms with Crippen LogP contribution >= 0.6 is 0 Å². The predicted octanol–water partition coefficient (Wildman–Crippen LogP) is 4.41.